The molecule has 2 heterocycles. The number of halogens is 3. The third-order valence-corrected chi connectivity index (χ3v) is 5.60. The van der Waals surface area contributed by atoms with Crippen LogP contribution in [0, 0.1) is 0 Å². The van der Waals surface area contributed by atoms with Gasteiger partial charge in [0.25, 0.3) is 5.91 Å². The monoisotopic (exact) mass is 505 g/mol. The molecule has 0 spiro atoms. The first-order valence-electron chi connectivity index (χ1n) is 10.9. The normalized spacial score (nSPS) is 16.1. The van der Waals surface area contributed by atoms with Gasteiger partial charge in [-0.05, 0) is 44.4 Å². The van der Waals surface area contributed by atoms with Gasteiger partial charge in [0.15, 0.2) is 5.75 Å². The molecule has 4 rings (SSSR count). The van der Waals surface area contributed by atoms with E-state index < -0.39 is 47.0 Å². The average molecular weight is 505 g/mol. The number of aliphatic hydroxyl groups is 1. The highest BCUT2D eigenvalue weighted by Gasteiger charge is 2.52. The molecule has 1 saturated carbocycles. The lowest BCUT2D eigenvalue weighted by Crippen LogP contribution is -2.49. The molecular formula is C23H22F3N5O5. The number of benzene rings is 1. The van der Waals surface area contributed by atoms with Crippen molar-refractivity contribution in [3.05, 3.63) is 65.6 Å². The fourth-order valence-corrected chi connectivity index (χ4v) is 3.39. The molecule has 2 aromatic heterocycles. The van der Waals surface area contributed by atoms with E-state index in [2.05, 4.69) is 25.8 Å². The standard InChI is InChI=1S/C23H22F3N5O5/c1-12(30-21(34)22(6-7-22)31-20(33)18-5-8-29-36-18)19-27-10-15(11-28-19)35-17-4-3-14(13(2)32)9-16(17)23(24,25)26/h3-5,8-13,32H,6-7H2,1-2H3,(H,30,34)(H,31,33). The summed E-state index contributed by atoms with van der Waals surface area (Å²) in [5.41, 5.74) is -2.03. The van der Waals surface area contributed by atoms with Crippen LogP contribution in [-0.2, 0) is 11.0 Å². The predicted molar refractivity (Wildman–Crippen MR) is 117 cm³/mol. The van der Waals surface area contributed by atoms with Crippen LogP contribution in [0.15, 0.2) is 47.4 Å². The fraction of sp³-hybridized carbons (Fsp3) is 0.348. The first-order valence-corrected chi connectivity index (χ1v) is 10.9. The molecule has 2 atom stereocenters. The molecule has 0 radical (unpaired) electrons. The van der Waals surface area contributed by atoms with E-state index in [1.165, 1.54) is 37.6 Å². The highest BCUT2D eigenvalue weighted by atomic mass is 19.4. The minimum absolute atomic E-state index is 0.0183. The summed E-state index contributed by atoms with van der Waals surface area (Å²) < 4.78 is 50.6. The Morgan fingerprint density at radius 2 is 1.86 bits per heavy atom. The van der Waals surface area contributed by atoms with Crippen LogP contribution in [-0.4, -0.2) is 37.6 Å². The van der Waals surface area contributed by atoms with Gasteiger partial charge in [-0.2, -0.15) is 13.2 Å². The Kier molecular flexibility index (Phi) is 6.67. The van der Waals surface area contributed by atoms with E-state index in [0.717, 1.165) is 12.1 Å². The average Bonchev–Trinajstić information content (AvgIpc) is 3.39. The molecule has 0 bridgehead atoms. The van der Waals surface area contributed by atoms with Crippen LogP contribution >= 0.6 is 0 Å². The Morgan fingerprint density at radius 1 is 1.17 bits per heavy atom. The van der Waals surface area contributed by atoms with Crippen molar-refractivity contribution in [2.45, 2.75) is 50.6 Å². The second-order valence-corrected chi connectivity index (χ2v) is 8.42. The molecule has 13 heteroatoms. The number of carbonyl (C=O) groups is 2. The van der Waals surface area contributed by atoms with Gasteiger partial charge < -0.3 is 25.0 Å². The molecule has 1 aliphatic rings. The smallest absolute Gasteiger partial charge is 0.419 e. The molecule has 3 N–H and O–H groups in total. The van der Waals surface area contributed by atoms with Gasteiger partial charge in [0, 0.05) is 6.07 Å². The summed E-state index contributed by atoms with van der Waals surface area (Å²) in [5, 5.41) is 18.4. The van der Waals surface area contributed by atoms with E-state index in [4.69, 9.17) is 9.26 Å². The lowest BCUT2D eigenvalue weighted by Gasteiger charge is -2.20. The SMILES string of the molecule is CC(O)c1ccc(Oc2cnc(C(C)NC(=O)C3(NC(=O)c4ccno4)CC3)nc2)c(C(F)(F)F)c1. The van der Waals surface area contributed by atoms with Crippen molar-refractivity contribution in [2.24, 2.45) is 0 Å². The summed E-state index contributed by atoms with van der Waals surface area (Å²) in [4.78, 5) is 33.1. The number of rotatable bonds is 8. The first-order chi connectivity index (χ1) is 17.0. The Labute approximate surface area is 202 Å². The quantitative estimate of drug-likeness (QED) is 0.423. The van der Waals surface area contributed by atoms with Gasteiger partial charge in [-0.25, -0.2) is 9.97 Å². The summed E-state index contributed by atoms with van der Waals surface area (Å²) in [7, 11) is 0. The number of ether oxygens (including phenoxy) is 1. The maximum absolute atomic E-state index is 13.5. The second kappa shape index (κ2) is 9.57. The molecule has 1 aromatic carbocycles. The van der Waals surface area contributed by atoms with Crippen molar-refractivity contribution >= 4 is 11.8 Å². The molecular weight excluding hydrogens is 483 g/mol. The van der Waals surface area contributed by atoms with Crippen LogP contribution in [0.25, 0.3) is 0 Å². The summed E-state index contributed by atoms with van der Waals surface area (Å²) in [6.45, 7) is 2.98. The Bertz CT molecular complexity index is 1240. The molecule has 2 amide bonds. The van der Waals surface area contributed by atoms with Crippen LogP contribution in [0.1, 0.15) is 66.3 Å². The zero-order valence-electron chi connectivity index (χ0n) is 19.2. The van der Waals surface area contributed by atoms with Crippen LogP contribution in [0.5, 0.6) is 11.5 Å². The molecule has 0 saturated heterocycles. The number of carbonyl (C=O) groups excluding carboxylic acids is 2. The number of nitrogens with zero attached hydrogens (tertiary/aromatic N) is 3. The van der Waals surface area contributed by atoms with Crippen molar-refractivity contribution in [1.29, 1.82) is 0 Å². The van der Waals surface area contributed by atoms with Gasteiger partial charge in [0.05, 0.1) is 36.3 Å². The van der Waals surface area contributed by atoms with Gasteiger partial charge in [-0.3, -0.25) is 9.59 Å². The van der Waals surface area contributed by atoms with E-state index in [-0.39, 0.29) is 22.9 Å². The Balaban J connectivity index is 1.41. The number of aliphatic hydroxyl groups excluding tert-OH is 1. The van der Waals surface area contributed by atoms with E-state index in [1.54, 1.807) is 6.92 Å². The van der Waals surface area contributed by atoms with Crippen molar-refractivity contribution in [2.75, 3.05) is 0 Å². The van der Waals surface area contributed by atoms with Crippen LogP contribution < -0.4 is 15.4 Å². The van der Waals surface area contributed by atoms with Crippen molar-refractivity contribution in [1.82, 2.24) is 25.8 Å². The highest BCUT2D eigenvalue weighted by Crippen LogP contribution is 2.39. The lowest BCUT2D eigenvalue weighted by atomic mass is 10.1. The first kappa shape index (κ1) is 25.1. The number of hydrogen-bond acceptors (Lipinski definition) is 8. The number of amides is 2. The van der Waals surface area contributed by atoms with Crippen molar-refractivity contribution < 1.29 is 37.1 Å². The molecule has 3 aromatic rings. The maximum Gasteiger partial charge on any atom is 0.419 e. The highest BCUT2D eigenvalue weighted by molar-refractivity contribution is 5.99. The topological polar surface area (TPSA) is 139 Å². The minimum Gasteiger partial charge on any atom is -0.453 e. The number of aromatic nitrogens is 3. The van der Waals surface area contributed by atoms with E-state index >= 15 is 0 Å². The molecule has 190 valence electrons. The van der Waals surface area contributed by atoms with Gasteiger partial charge in [0.1, 0.15) is 17.1 Å². The van der Waals surface area contributed by atoms with E-state index in [9.17, 15) is 27.9 Å². The molecule has 36 heavy (non-hydrogen) atoms. The van der Waals surface area contributed by atoms with Gasteiger partial charge in [0.2, 0.25) is 11.7 Å². The molecule has 2 unspecified atom stereocenters. The largest absolute Gasteiger partial charge is 0.453 e. The number of hydrogen-bond donors (Lipinski definition) is 3. The van der Waals surface area contributed by atoms with Crippen LogP contribution in [0.3, 0.4) is 0 Å². The summed E-state index contributed by atoms with van der Waals surface area (Å²) in [5.74, 6) is -1.35. The summed E-state index contributed by atoms with van der Waals surface area (Å²) in [6.07, 6.45) is -1.22. The van der Waals surface area contributed by atoms with Gasteiger partial charge in [-0.15, -0.1) is 0 Å². The molecule has 1 fully saturated rings. The van der Waals surface area contributed by atoms with Gasteiger partial charge in [-0.1, -0.05) is 11.2 Å². The van der Waals surface area contributed by atoms with Crippen molar-refractivity contribution in [3.63, 3.8) is 0 Å². The summed E-state index contributed by atoms with van der Waals surface area (Å²) >= 11 is 0. The molecule has 1 aliphatic carbocycles. The Hall–Kier alpha value is -4.00. The third kappa shape index (κ3) is 5.46. The van der Waals surface area contributed by atoms with Crippen LogP contribution in [0.4, 0.5) is 13.2 Å². The zero-order valence-corrected chi connectivity index (χ0v) is 19.2. The number of nitrogens with one attached hydrogen (secondary N) is 2. The minimum atomic E-state index is -4.71. The Morgan fingerprint density at radius 3 is 2.42 bits per heavy atom. The van der Waals surface area contributed by atoms with E-state index in [1.807, 2.05) is 0 Å². The van der Waals surface area contributed by atoms with Gasteiger partial charge >= 0.3 is 6.18 Å². The molecule has 0 aliphatic heterocycles. The van der Waals surface area contributed by atoms with Crippen molar-refractivity contribution in [3.8, 4) is 11.5 Å². The zero-order chi connectivity index (χ0) is 26.1. The summed E-state index contributed by atoms with van der Waals surface area (Å²) in [6, 6.07) is 3.98. The fourth-order valence-electron chi connectivity index (χ4n) is 3.39. The number of alkyl halides is 3. The maximum atomic E-state index is 13.5. The predicted octanol–water partition coefficient (Wildman–Crippen LogP) is 3.47. The van der Waals surface area contributed by atoms with Crippen LogP contribution in [0.2, 0.25) is 0 Å². The second-order valence-electron chi connectivity index (χ2n) is 8.42. The van der Waals surface area contributed by atoms with E-state index in [0.29, 0.717) is 12.8 Å². The third-order valence-electron chi connectivity index (χ3n) is 5.60. The molecule has 10 nitrogen and oxygen atoms in total. The lowest BCUT2D eigenvalue weighted by molar-refractivity contribution is -0.138.